The maximum absolute atomic E-state index is 9.69. The summed E-state index contributed by atoms with van der Waals surface area (Å²) in [5.41, 5.74) is 1.26. The summed E-state index contributed by atoms with van der Waals surface area (Å²) in [6.45, 7) is 3.39. The van der Waals surface area contributed by atoms with Crippen LogP contribution in [-0.4, -0.2) is 51.0 Å². The molecule has 1 aliphatic carbocycles. The Morgan fingerprint density at radius 1 is 1.03 bits per heavy atom. The van der Waals surface area contributed by atoms with Gasteiger partial charge in [-0.3, -0.25) is 4.57 Å². The summed E-state index contributed by atoms with van der Waals surface area (Å²) in [6, 6.07) is 9.98. The van der Waals surface area contributed by atoms with Gasteiger partial charge in [0.1, 0.15) is 17.1 Å². The minimum atomic E-state index is 0.0242. The molecule has 3 aliphatic rings. The molecule has 0 amide bonds. The van der Waals surface area contributed by atoms with Crippen molar-refractivity contribution in [3.8, 4) is 23.3 Å². The topological polar surface area (TPSA) is 67.1 Å². The van der Waals surface area contributed by atoms with Crippen LogP contribution in [0.5, 0.6) is 23.3 Å². The molecule has 2 N–H and O–H groups in total. The molecule has 1 saturated heterocycles. The van der Waals surface area contributed by atoms with Crippen LogP contribution in [0.2, 0.25) is 0 Å². The van der Waals surface area contributed by atoms with Crippen molar-refractivity contribution < 1.29 is 19.7 Å². The monoisotopic (exact) mass is 412 g/mol. The molecular weight excluding hydrogens is 380 g/mol. The average molecular weight is 413 g/mol. The summed E-state index contributed by atoms with van der Waals surface area (Å²) in [5, 5.41) is 19.4. The zero-order chi connectivity index (χ0) is 20.6. The molecule has 6 nitrogen and oxygen atoms in total. The largest absolute Gasteiger partial charge is 0.494 e. The van der Waals surface area contributed by atoms with Crippen LogP contribution in [-0.2, 0) is 13.0 Å². The van der Waals surface area contributed by atoms with E-state index in [0.717, 1.165) is 43.2 Å². The third kappa shape index (κ3) is 3.85. The molecular formula is C24H32N2O4. The first-order chi connectivity index (χ1) is 14.6. The van der Waals surface area contributed by atoms with Crippen LogP contribution in [0.3, 0.4) is 0 Å². The van der Waals surface area contributed by atoms with Gasteiger partial charge < -0.3 is 24.6 Å². The summed E-state index contributed by atoms with van der Waals surface area (Å²) < 4.78 is 13.9. The Kier molecular flexibility index (Phi) is 5.27. The molecule has 6 heteroatoms. The lowest BCUT2D eigenvalue weighted by Crippen LogP contribution is -2.53. The van der Waals surface area contributed by atoms with Crippen LogP contribution in [0.1, 0.15) is 50.5 Å². The van der Waals surface area contributed by atoms with E-state index in [1.54, 1.807) is 0 Å². The molecule has 0 unspecified atom stereocenters. The smallest absolute Gasteiger partial charge is 0.193 e. The highest BCUT2D eigenvalue weighted by Crippen LogP contribution is 2.41. The van der Waals surface area contributed by atoms with Gasteiger partial charge in [-0.1, -0.05) is 6.42 Å². The number of rotatable bonds is 6. The number of hydrogen-bond donors (Lipinski definition) is 2. The third-order valence-electron chi connectivity index (χ3n) is 7.24. The predicted octanol–water partition coefficient (Wildman–Crippen LogP) is 4.08. The molecule has 30 heavy (non-hydrogen) atoms. The number of ether oxygens (including phenoxy) is 2. The number of aromatic hydroxyl groups is 2. The number of aromatic nitrogens is 1. The fourth-order valence-electron chi connectivity index (χ4n) is 5.08. The maximum Gasteiger partial charge on any atom is 0.193 e. The summed E-state index contributed by atoms with van der Waals surface area (Å²) in [5.74, 6) is 2.03. The van der Waals surface area contributed by atoms with Crippen molar-refractivity contribution in [2.24, 2.45) is 0 Å². The average Bonchev–Trinajstić information content (AvgIpc) is 3.04. The Morgan fingerprint density at radius 3 is 2.50 bits per heavy atom. The number of fused-ring (bicyclic) bond motifs is 1. The maximum atomic E-state index is 9.69. The summed E-state index contributed by atoms with van der Waals surface area (Å²) in [7, 11) is 0. The normalized spacial score (nSPS) is 21.1. The van der Waals surface area contributed by atoms with Crippen LogP contribution >= 0.6 is 0 Å². The Labute approximate surface area is 178 Å². The molecule has 2 fully saturated rings. The quantitative estimate of drug-likeness (QED) is 0.700. The number of piperidine rings is 1. The van der Waals surface area contributed by atoms with Crippen molar-refractivity contribution in [1.82, 2.24) is 9.47 Å². The predicted molar refractivity (Wildman–Crippen MR) is 114 cm³/mol. The molecule has 0 bridgehead atoms. The molecule has 1 aromatic heterocycles. The van der Waals surface area contributed by atoms with E-state index in [2.05, 4.69) is 17.0 Å². The number of benzene rings is 1. The molecule has 2 aliphatic heterocycles. The Bertz CT molecular complexity index is 862. The molecule has 0 atom stereocenters. The van der Waals surface area contributed by atoms with Gasteiger partial charge in [0.25, 0.3) is 0 Å². The van der Waals surface area contributed by atoms with Crippen molar-refractivity contribution in [3.05, 3.63) is 35.9 Å². The first kappa shape index (κ1) is 19.6. The fraction of sp³-hybridized carbons (Fsp3) is 0.583. The van der Waals surface area contributed by atoms with Crippen LogP contribution in [0.15, 0.2) is 30.3 Å². The SMILES string of the molecule is Oc1ccc(O)n1CCCOc1ccc2c(c1)CCC1(CCN(C3CCC3)CC1)O2. The van der Waals surface area contributed by atoms with E-state index < -0.39 is 0 Å². The van der Waals surface area contributed by atoms with Gasteiger partial charge in [0.15, 0.2) is 11.8 Å². The Morgan fingerprint density at radius 2 is 1.80 bits per heavy atom. The standard InChI is InChI=1S/C24H32N2O4/c27-22-7-8-23(28)26(22)13-2-16-29-20-5-6-21-18(17-20)9-10-24(30-21)11-14-25(15-12-24)19-3-1-4-19/h5-8,17,19,27-28H,1-4,9-16H2. The molecule has 1 spiro atoms. The lowest BCUT2D eigenvalue weighted by molar-refractivity contribution is -0.0337. The van der Waals surface area contributed by atoms with Crippen molar-refractivity contribution in [3.63, 3.8) is 0 Å². The summed E-state index contributed by atoms with van der Waals surface area (Å²) in [4.78, 5) is 2.68. The van der Waals surface area contributed by atoms with Gasteiger partial charge in [0, 0.05) is 37.8 Å². The van der Waals surface area contributed by atoms with Crippen LogP contribution in [0, 0.1) is 0 Å². The van der Waals surface area contributed by atoms with E-state index >= 15 is 0 Å². The van der Waals surface area contributed by atoms with Gasteiger partial charge in [-0.2, -0.15) is 0 Å². The second kappa shape index (κ2) is 8.06. The zero-order valence-corrected chi connectivity index (χ0v) is 17.6. The van der Waals surface area contributed by atoms with E-state index in [1.807, 2.05) is 6.07 Å². The van der Waals surface area contributed by atoms with Crippen molar-refractivity contribution in [2.75, 3.05) is 19.7 Å². The van der Waals surface area contributed by atoms with E-state index in [4.69, 9.17) is 9.47 Å². The van der Waals surface area contributed by atoms with E-state index in [9.17, 15) is 10.2 Å². The molecule has 0 radical (unpaired) electrons. The minimum Gasteiger partial charge on any atom is -0.494 e. The number of nitrogens with zero attached hydrogens (tertiary/aromatic N) is 2. The van der Waals surface area contributed by atoms with Crippen molar-refractivity contribution in [2.45, 2.75) is 69.6 Å². The van der Waals surface area contributed by atoms with Crippen molar-refractivity contribution in [1.29, 1.82) is 0 Å². The van der Waals surface area contributed by atoms with Crippen LogP contribution in [0.25, 0.3) is 0 Å². The molecule has 1 aromatic carbocycles. The molecule has 2 aromatic rings. The number of hydrogen-bond acceptors (Lipinski definition) is 5. The molecule has 3 heterocycles. The highest BCUT2D eigenvalue weighted by atomic mass is 16.5. The molecule has 5 rings (SSSR count). The van der Waals surface area contributed by atoms with Gasteiger partial charge in [-0.05, 0) is 68.7 Å². The van der Waals surface area contributed by atoms with E-state index in [-0.39, 0.29) is 17.4 Å². The third-order valence-corrected chi connectivity index (χ3v) is 7.24. The van der Waals surface area contributed by atoms with Gasteiger partial charge in [0.05, 0.1) is 6.61 Å². The zero-order valence-electron chi connectivity index (χ0n) is 17.6. The van der Waals surface area contributed by atoms with Gasteiger partial charge in [0.2, 0.25) is 0 Å². The summed E-state index contributed by atoms with van der Waals surface area (Å²) in [6.07, 6.45) is 9.28. The van der Waals surface area contributed by atoms with Crippen molar-refractivity contribution >= 4 is 0 Å². The van der Waals surface area contributed by atoms with Crippen LogP contribution < -0.4 is 9.47 Å². The Hall–Kier alpha value is -2.34. The van der Waals surface area contributed by atoms with E-state index in [0.29, 0.717) is 19.6 Å². The van der Waals surface area contributed by atoms with Gasteiger partial charge in [-0.15, -0.1) is 0 Å². The van der Waals surface area contributed by atoms with Gasteiger partial charge >= 0.3 is 0 Å². The first-order valence-corrected chi connectivity index (χ1v) is 11.4. The highest BCUT2D eigenvalue weighted by Gasteiger charge is 2.41. The number of aryl methyl sites for hydroxylation is 1. The second-order valence-corrected chi connectivity index (χ2v) is 9.08. The van der Waals surface area contributed by atoms with Crippen LogP contribution in [0.4, 0.5) is 0 Å². The first-order valence-electron chi connectivity index (χ1n) is 11.4. The minimum absolute atomic E-state index is 0.0242. The van der Waals surface area contributed by atoms with Gasteiger partial charge in [-0.25, -0.2) is 0 Å². The lowest BCUT2D eigenvalue weighted by atomic mass is 9.81. The Balaban J connectivity index is 1.13. The molecule has 1 saturated carbocycles. The highest BCUT2D eigenvalue weighted by molar-refractivity contribution is 5.42. The molecule has 162 valence electrons. The second-order valence-electron chi connectivity index (χ2n) is 9.08. The number of likely N-dealkylation sites (tertiary alicyclic amines) is 1. The van der Waals surface area contributed by atoms with E-state index in [1.165, 1.54) is 54.6 Å². The lowest BCUT2D eigenvalue weighted by Gasteiger charge is -2.48. The summed E-state index contributed by atoms with van der Waals surface area (Å²) >= 11 is 0. The fourth-order valence-corrected chi connectivity index (χ4v) is 5.08.